The second kappa shape index (κ2) is 5.40. The van der Waals surface area contributed by atoms with Crippen molar-refractivity contribution in [3.8, 4) is 0 Å². The molecule has 1 aliphatic rings. The summed E-state index contributed by atoms with van der Waals surface area (Å²) in [6, 6.07) is 0. The summed E-state index contributed by atoms with van der Waals surface area (Å²) in [4.78, 5) is 10.2. The van der Waals surface area contributed by atoms with Gasteiger partial charge in [0.2, 0.25) is 0 Å². The van der Waals surface area contributed by atoms with E-state index in [-0.39, 0.29) is 37.7 Å². The molecule has 0 aromatic carbocycles. The minimum Gasteiger partial charge on any atom is -0.528 e. The molecule has 0 atom stereocenters. The average molecular weight is 152 g/mol. The Hall–Kier alpha value is -0.255. The molecule has 4 nitrogen and oxygen atoms in total. The summed E-state index contributed by atoms with van der Waals surface area (Å²) >= 11 is 0. The van der Waals surface area contributed by atoms with Crippen LogP contribution >= 0.6 is 0 Å². The van der Waals surface area contributed by atoms with E-state index in [1.54, 1.807) is 13.0 Å². The van der Waals surface area contributed by atoms with Crippen molar-refractivity contribution < 1.29 is 28.8 Å². The summed E-state index contributed by atoms with van der Waals surface area (Å²) in [5.41, 5.74) is 4.55. The molecule has 0 aromatic heterocycles. The van der Waals surface area contributed by atoms with E-state index >= 15 is 0 Å². The molecule has 1 aliphatic heterocycles. The van der Waals surface area contributed by atoms with Crippen LogP contribution in [0.5, 0.6) is 0 Å². The molecule has 2 radical (unpaired) electrons. The summed E-state index contributed by atoms with van der Waals surface area (Å²) < 4.78 is 0. The topological polar surface area (TPSA) is 57.5 Å². The Morgan fingerprint density at radius 2 is 2.25 bits per heavy atom. The van der Waals surface area contributed by atoms with Crippen LogP contribution < -0.4 is 29.4 Å². The van der Waals surface area contributed by atoms with Crippen molar-refractivity contribution in [2.24, 2.45) is 0 Å². The van der Waals surface area contributed by atoms with Crippen molar-refractivity contribution in [3.05, 3.63) is 24.0 Å². The zero-order valence-corrected chi connectivity index (χ0v) is 7.50. The zero-order valence-electron chi connectivity index (χ0n) is 7.50. The first-order valence-electron chi connectivity index (χ1n) is 2.71. The van der Waals surface area contributed by atoms with Crippen molar-refractivity contribution in [1.29, 1.82) is 0 Å². The molecule has 0 aromatic rings. The fourth-order valence-electron chi connectivity index (χ4n) is 0.711. The predicted octanol–water partition coefficient (Wildman–Crippen LogP) is -3.79. The van der Waals surface area contributed by atoms with E-state index in [4.69, 9.17) is 0 Å². The minimum atomic E-state index is -1.35. The van der Waals surface area contributed by atoms with E-state index < -0.39 is 6.09 Å². The summed E-state index contributed by atoms with van der Waals surface area (Å²) in [6.45, 7) is 5.13. The van der Waals surface area contributed by atoms with Crippen LogP contribution in [0.4, 0.5) is 4.79 Å². The molecule has 0 aliphatic carbocycles. The van der Waals surface area contributed by atoms with Gasteiger partial charge in [-0.25, -0.2) is 5.01 Å². The molecule has 0 bridgehead atoms. The average Bonchev–Trinajstić information content (AvgIpc) is 2.10. The Balaban J connectivity index is 0. The number of nitrogens with zero attached hydrogens (tertiary/aromatic N) is 2. The Labute approximate surface area is 95.0 Å². The first kappa shape index (κ1) is 14.3. The minimum absolute atomic E-state index is 0. The molecule has 12 heavy (non-hydrogen) atoms. The maximum atomic E-state index is 10.2. The Bertz CT molecular complexity index is 228. The van der Waals surface area contributed by atoms with Crippen LogP contribution in [0.25, 0.3) is 0 Å². The number of amides is 1. The van der Waals surface area contributed by atoms with Gasteiger partial charge >= 0.3 is 18.9 Å². The van der Waals surface area contributed by atoms with Gasteiger partial charge in [-0.3, -0.25) is 0 Å². The third kappa shape index (κ3) is 3.01. The van der Waals surface area contributed by atoms with Gasteiger partial charge in [0, 0.05) is 18.9 Å². The summed E-state index contributed by atoms with van der Waals surface area (Å²) in [7, 11) is 0. The van der Waals surface area contributed by atoms with Crippen molar-refractivity contribution in [3.63, 3.8) is 0 Å². The normalized spacial score (nSPS) is 13.9. The van der Waals surface area contributed by atoms with Crippen LogP contribution in [0, 0.1) is 0 Å². The van der Waals surface area contributed by atoms with E-state index in [2.05, 4.69) is 12.0 Å². The predicted molar refractivity (Wildman–Crippen MR) is 38.0 cm³/mol. The number of allylic oxidation sites excluding steroid dienone is 2. The number of carbonyl (C=O) groups excluding carboxylic acids is 1. The first-order valence-corrected chi connectivity index (χ1v) is 2.71. The van der Waals surface area contributed by atoms with Crippen molar-refractivity contribution in [2.75, 3.05) is 0 Å². The van der Waals surface area contributed by atoms with E-state index in [1.165, 1.54) is 0 Å². The SMILES string of the molecule is C=C1C=C(C)[N]N1C(=O)[O-].[Li+].[Li]. The van der Waals surface area contributed by atoms with Gasteiger partial charge in [-0.15, -0.1) is 0 Å². The fraction of sp³-hybridized carbons (Fsp3) is 0.167. The smallest absolute Gasteiger partial charge is 0.528 e. The molecule has 1 rings (SSSR count). The first-order chi connectivity index (χ1) is 4.61. The van der Waals surface area contributed by atoms with Gasteiger partial charge in [0.25, 0.3) is 0 Å². The van der Waals surface area contributed by atoms with Crippen LogP contribution in [0.3, 0.4) is 0 Å². The van der Waals surface area contributed by atoms with Gasteiger partial charge in [-0.2, -0.15) is 5.43 Å². The van der Waals surface area contributed by atoms with Crippen LogP contribution in [-0.2, 0) is 0 Å². The van der Waals surface area contributed by atoms with Gasteiger partial charge in [-0.1, -0.05) is 6.58 Å². The van der Waals surface area contributed by atoms with Crippen LogP contribution in [0.15, 0.2) is 24.0 Å². The van der Waals surface area contributed by atoms with Crippen molar-refractivity contribution >= 4 is 25.0 Å². The van der Waals surface area contributed by atoms with Crippen LogP contribution in [0.2, 0.25) is 0 Å². The second-order valence-corrected chi connectivity index (χ2v) is 1.95. The number of carboxylic acid groups (broad SMARTS) is 1. The van der Waals surface area contributed by atoms with E-state index in [0.717, 1.165) is 5.01 Å². The maximum absolute atomic E-state index is 10.2. The molecule has 0 saturated carbocycles. The molecular weight excluding hydrogens is 146 g/mol. The van der Waals surface area contributed by atoms with Crippen LogP contribution in [0.1, 0.15) is 6.92 Å². The molecule has 6 heteroatoms. The van der Waals surface area contributed by atoms with Gasteiger partial charge in [-0.05, 0) is 13.0 Å². The van der Waals surface area contributed by atoms with Gasteiger partial charge in [0.1, 0.15) is 0 Å². The van der Waals surface area contributed by atoms with Gasteiger partial charge < -0.3 is 9.90 Å². The molecule has 1 heterocycles. The molecular formula is C6H6Li2N2O2. The Morgan fingerprint density at radius 1 is 1.75 bits per heavy atom. The van der Waals surface area contributed by atoms with Gasteiger partial charge in [0.15, 0.2) is 6.09 Å². The Morgan fingerprint density at radius 3 is 2.42 bits per heavy atom. The molecule has 0 spiro atoms. The maximum Gasteiger partial charge on any atom is 1.00 e. The van der Waals surface area contributed by atoms with E-state index in [1.807, 2.05) is 0 Å². The van der Waals surface area contributed by atoms with Crippen molar-refractivity contribution in [1.82, 2.24) is 10.4 Å². The number of carbonyl (C=O) groups is 1. The van der Waals surface area contributed by atoms with Gasteiger partial charge in [0.05, 0.1) is 11.4 Å². The third-order valence-corrected chi connectivity index (χ3v) is 1.08. The van der Waals surface area contributed by atoms with Crippen LogP contribution in [-0.4, -0.2) is 30.0 Å². The quantitative estimate of drug-likeness (QED) is 0.334. The standard InChI is InChI=1S/C6H7N2O2.2Li/c1-4-3-5(2)8(7-4)6(9)10;;/h3H,2H2,1H3,(H,9,10);;/q;;+1/p-1. The summed E-state index contributed by atoms with van der Waals surface area (Å²) in [5.74, 6) is 0. The molecule has 0 fully saturated rings. The Kier molecular flexibility index (Phi) is 6.43. The van der Waals surface area contributed by atoms with E-state index in [0.29, 0.717) is 11.4 Å². The molecule has 1 amide bonds. The number of rotatable bonds is 0. The van der Waals surface area contributed by atoms with E-state index in [9.17, 15) is 9.90 Å². The monoisotopic (exact) mass is 152 g/mol. The molecule has 0 unspecified atom stereocenters. The summed E-state index contributed by atoms with van der Waals surface area (Å²) in [6.07, 6.45) is 0.216. The molecule has 54 valence electrons. The fourth-order valence-corrected chi connectivity index (χ4v) is 0.711. The second-order valence-electron chi connectivity index (χ2n) is 1.95. The summed E-state index contributed by atoms with van der Waals surface area (Å²) in [5, 5.41) is 10.9. The largest absolute Gasteiger partial charge is 1.00 e. The zero-order chi connectivity index (χ0) is 7.72. The number of hydrogen-bond donors (Lipinski definition) is 0. The third-order valence-electron chi connectivity index (χ3n) is 1.08. The molecule has 0 saturated heterocycles. The number of hydrogen-bond acceptors (Lipinski definition) is 2. The van der Waals surface area contributed by atoms with Crippen molar-refractivity contribution in [2.45, 2.75) is 6.92 Å². The molecule has 0 N–H and O–H groups in total.